The molecule has 0 saturated heterocycles. The van der Waals surface area contributed by atoms with Gasteiger partial charge in [0, 0.05) is 49.3 Å². The summed E-state index contributed by atoms with van der Waals surface area (Å²) in [7, 11) is 8.43. The monoisotopic (exact) mass is 470 g/mol. The molecule has 0 atom stereocenters. The predicted octanol–water partition coefficient (Wildman–Crippen LogP) is 1.48. The molecule has 0 bridgehead atoms. The average molecular weight is 472 g/mol. The SMILES string of the molecule is CCCCCCCCC=[n+]1c2c(cc3ccc(N(C)C)cc31)C=CC(=[N+](C)C)C=2.[Br-]. The van der Waals surface area contributed by atoms with Crippen molar-refractivity contribution in [3.05, 3.63) is 47.5 Å². The maximum atomic E-state index is 2.43. The van der Waals surface area contributed by atoms with Crippen LogP contribution in [0.4, 0.5) is 5.69 Å². The summed E-state index contributed by atoms with van der Waals surface area (Å²) in [6.45, 7) is 2.28. The number of pyridine rings is 1. The van der Waals surface area contributed by atoms with Crippen LogP contribution in [0.25, 0.3) is 23.1 Å². The molecule has 1 aromatic carbocycles. The summed E-state index contributed by atoms with van der Waals surface area (Å²) in [5.74, 6) is 0. The summed E-state index contributed by atoms with van der Waals surface area (Å²) in [5.41, 5.74) is 5.05. The van der Waals surface area contributed by atoms with Crippen LogP contribution in [0.3, 0.4) is 0 Å². The zero-order chi connectivity index (χ0) is 20.8. The van der Waals surface area contributed by atoms with Crippen LogP contribution in [-0.4, -0.2) is 38.5 Å². The predicted molar refractivity (Wildman–Crippen MR) is 126 cm³/mol. The highest BCUT2D eigenvalue weighted by Gasteiger charge is 2.16. The second kappa shape index (κ2) is 11.5. The summed E-state index contributed by atoms with van der Waals surface area (Å²) in [6, 6.07) is 9.09. The van der Waals surface area contributed by atoms with Gasteiger partial charge in [-0.2, -0.15) is 4.24 Å². The Bertz CT molecular complexity index is 1040. The highest BCUT2D eigenvalue weighted by atomic mass is 79.9. The summed E-state index contributed by atoms with van der Waals surface area (Å²) in [5, 5.41) is 2.57. The quantitative estimate of drug-likeness (QED) is 0.420. The van der Waals surface area contributed by atoms with Gasteiger partial charge in [0.15, 0.2) is 6.21 Å². The number of halogens is 1. The van der Waals surface area contributed by atoms with Crippen molar-refractivity contribution < 1.29 is 25.8 Å². The molecule has 4 heteroatoms. The largest absolute Gasteiger partial charge is 1.00 e. The van der Waals surface area contributed by atoms with E-state index in [2.05, 4.69) is 97.5 Å². The zero-order valence-corrected chi connectivity index (χ0v) is 20.9. The third-order valence-corrected chi connectivity index (χ3v) is 5.76. The Labute approximate surface area is 192 Å². The highest BCUT2D eigenvalue weighted by molar-refractivity contribution is 6.17. The van der Waals surface area contributed by atoms with Gasteiger partial charge in [0.1, 0.15) is 14.1 Å². The van der Waals surface area contributed by atoms with Crippen LogP contribution in [0.15, 0.2) is 30.3 Å². The Kier molecular flexibility index (Phi) is 9.29. The summed E-state index contributed by atoms with van der Waals surface area (Å²) in [6.07, 6.45) is 18.3. The molecular weight excluding hydrogens is 434 g/mol. The third-order valence-electron chi connectivity index (χ3n) is 5.76. The molecule has 0 amide bonds. The molecule has 0 unspecified atom stereocenters. The van der Waals surface area contributed by atoms with Gasteiger partial charge in [-0.05, 0) is 30.7 Å². The van der Waals surface area contributed by atoms with Crippen molar-refractivity contribution in [2.45, 2.75) is 51.9 Å². The second-order valence-corrected chi connectivity index (χ2v) is 8.53. The molecule has 3 nitrogen and oxygen atoms in total. The Morgan fingerprint density at radius 3 is 2.40 bits per heavy atom. The molecule has 0 fully saturated rings. The first kappa shape index (κ1) is 24.3. The van der Waals surface area contributed by atoms with Crippen molar-refractivity contribution in [3.63, 3.8) is 0 Å². The van der Waals surface area contributed by atoms with E-state index < -0.39 is 0 Å². The van der Waals surface area contributed by atoms with E-state index >= 15 is 0 Å². The number of allylic oxidation sites excluding steroid dienone is 1. The number of nitrogens with zero attached hydrogens (tertiary/aromatic N) is 3. The minimum Gasteiger partial charge on any atom is -1.00 e. The fourth-order valence-electron chi connectivity index (χ4n) is 3.92. The maximum absolute atomic E-state index is 2.43. The first-order valence-electron chi connectivity index (χ1n) is 11.1. The minimum atomic E-state index is 0. The van der Waals surface area contributed by atoms with E-state index in [-0.39, 0.29) is 17.0 Å². The Morgan fingerprint density at radius 2 is 1.70 bits per heavy atom. The van der Waals surface area contributed by atoms with Crippen LogP contribution in [0.1, 0.15) is 57.4 Å². The number of unbranched alkanes of at least 4 members (excludes halogenated alkanes) is 6. The van der Waals surface area contributed by atoms with Gasteiger partial charge in [-0.15, -0.1) is 0 Å². The molecule has 0 spiro atoms. The van der Waals surface area contributed by atoms with Crippen LogP contribution in [-0.2, 0) is 0 Å². The molecule has 30 heavy (non-hydrogen) atoms. The van der Waals surface area contributed by atoms with E-state index in [1.165, 1.54) is 71.7 Å². The first-order chi connectivity index (χ1) is 14.0. The smallest absolute Gasteiger partial charge is 0.224 e. The van der Waals surface area contributed by atoms with Gasteiger partial charge < -0.3 is 21.9 Å². The number of rotatable bonds is 8. The molecule has 0 aliphatic heterocycles. The lowest BCUT2D eigenvalue weighted by Gasteiger charge is -2.12. The van der Waals surface area contributed by atoms with Gasteiger partial charge >= 0.3 is 0 Å². The first-order valence-corrected chi connectivity index (χ1v) is 11.1. The average Bonchev–Trinajstić information content (AvgIpc) is 2.71. The minimum absolute atomic E-state index is 0. The summed E-state index contributed by atoms with van der Waals surface area (Å²) >= 11 is 0. The standard InChI is InChI=1S/C26H37N3.BrH/c1-6-7-8-9-10-11-12-17-29-25-19-23(27(2)3)15-13-21(25)18-22-14-16-24(28(4)5)20-26(22)29;/h13-20H,6-12H2,1-5H3;1H/q+2;/p-1. The fraction of sp³-hybridized carbons (Fsp3) is 0.462. The molecule has 1 aliphatic carbocycles. The van der Waals surface area contributed by atoms with Gasteiger partial charge in [0.25, 0.3) is 0 Å². The molecule has 0 saturated carbocycles. The molecule has 162 valence electrons. The van der Waals surface area contributed by atoms with Gasteiger partial charge in [0.2, 0.25) is 16.6 Å². The third kappa shape index (κ3) is 5.81. The maximum Gasteiger partial charge on any atom is 0.224 e. The van der Waals surface area contributed by atoms with Crippen molar-refractivity contribution in [2.24, 2.45) is 0 Å². The zero-order valence-electron chi connectivity index (χ0n) is 19.3. The van der Waals surface area contributed by atoms with Crippen LogP contribution < -0.4 is 31.5 Å². The van der Waals surface area contributed by atoms with Crippen LogP contribution in [0.2, 0.25) is 0 Å². The molecule has 1 aromatic heterocycles. The molecule has 3 rings (SSSR count). The molecule has 0 radical (unpaired) electrons. The van der Waals surface area contributed by atoms with Crippen molar-refractivity contribution in [3.8, 4) is 0 Å². The van der Waals surface area contributed by atoms with Gasteiger partial charge in [-0.25, -0.2) is 4.58 Å². The van der Waals surface area contributed by atoms with E-state index in [9.17, 15) is 0 Å². The number of fused-ring (bicyclic) bond motifs is 2. The summed E-state index contributed by atoms with van der Waals surface area (Å²) < 4.78 is 4.61. The number of anilines is 1. The van der Waals surface area contributed by atoms with Crippen molar-refractivity contribution in [1.29, 1.82) is 0 Å². The molecular formula is C26H37BrN3+. The lowest BCUT2D eigenvalue weighted by molar-refractivity contribution is -0.497. The molecule has 1 heterocycles. The van der Waals surface area contributed by atoms with E-state index in [4.69, 9.17) is 0 Å². The molecule has 0 N–H and O–H groups in total. The number of hydrogen-bond donors (Lipinski definition) is 0. The van der Waals surface area contributed by atoms with Gasteiger partial charge in [-0.3, -0.25) is 0 Å². The summed E-state index contributed by atoms with van der Waals surface area (Å²) in [4.78, 5) is 2.18. The Hall–Kier alpha value is -1.94. The van der Waals surface area contributed by atoms with E-state index in [1.54, 1.807) is 0 Å². The van der Waals surface area contributed by atoms with Crippen LogP contribution >= 0.6 is 0 Å². The fourth-order valence-corrected chi connectivity index (χ4v) is 3.92. The van der Waals surface area contributed by atoms with Crippen molar-refractivity contribution in [1.82, 2.24) is 0 Å². The second-order valence-electron chi connectivity index (χ2n) is 8.53. The van der Waals surface area contributed by atoms with Gasteiger partial charge in [0.05, 0.1) is 6.08 Å². The van der Waals surface area contributed by atoms with E-state index in [1.807, 2.05) is 0 Å². The van der Waals surface area contributed by atoms with Crippen molar-refractivity contribution >= 4 is 34.5 Å². The lowest BCUT2D eigenvalue weighted by atomic mass is 10.0. The van der Waals surface area contributed by atoms with Gasteiger partial charge in [-0.1, -0.05) is 39.0 Å². The number of hydrogen-bond acceptors (Lipinski definition) is 1. The van der Waals surface area contributed by atoms with Crippen LogP contribution in [0.5, 0.6) is 0 Å². The molecule has 1 aliphatic rings. The number of benzene rings is 1. The van der Waals surface area contributed by atoms with Crippen molar-refractivity contribution in [2.75, 3.05) is 33.1 Å². The van der Waals surface area contributed by atoms with Crippen LogP contribution in [0, 0.1) is 6.21 Å². The lowest BCUT2D eigenvalue weighted by Crippen LogP contribution is -3.00. The Morgan fingerprint density at radius 1 is 0.967 bits per heavy atom. The van der Waals surface area contributed by atoms with E-state index in [0.29, 0.717) is 0 Å². The highest BCUT2D eigenvalue weighted by Crippen LogP contribution is 2.19. The van der Waals surface area contributed by atoms with E-state index in [0.717, 1.165) is 6.42 Å². The topological polar surface area (TPSA) is 12.2 Å². The number of aromatic nitrogens is 1. The molecule has 2 aromatic rings. The Balaban J connectivity index is 0.00000320. The normalized spacial score (nSPS) is 13.1.